The van der Waals surface area contributed by atoms with Gasteiger partial charge in [-0.3, -0.25) is 10.1 Å². The molecule has 1 aromatic heterocycles. The third-order valence-electron chi connectivity index (χ3n) is 3.10. The van der Waals surface area contributed by atoms with Crippen LogP contribution in [0.15, 0.2) is 30.1 Å². The number of aromatic nitrogens is 1. The normalized spacial score (nSPS) is 11.8. The molecule has 0 aliphatic heterocycles. The van der Waals surface area contributed by atoms with E-state index in [2.05, 4.69) is 11.9 Å². The number of nitrogens with zero attached hydrogens (tertiary/aromatic N) is 1. The maximum absolute atomic E-state index is 10.7. The maximum Gasteiger partial charge on any atom is 0.243 e. The third-order valence-corrected chi connectivity index (χ3v) is 3.10. The van der Waals surface area contributed by atoms with Crippen molar-refractivity contribution in [3.63, 3.8) is 0 Å². The minimum absolute atomic E-state index is 0.114. The van der Waals surface area contributed by atoms with E-state index in [1.165, 1.54) is 6.92 Å². The zero-order chi connectivity index (χ0) is 14.5. The number of fused-ring (bicyclic) bond motifs is 1. The lowest BCUT2D eigenvalue weighted by molar-refractivity contribution is -0.422. The second-order valence-corrected chi connectivity index (χ2v) is 4.70. The molecule has 1 aromatic carbocycles. The molecule has 0 amide bonds. The van der Waals surface area contributed by atoms with Crippen LogP contribution in [0.3, 0.4) is 0 Å². The minimum Gasteiger partial charge on any atom is -0.494 e. The van der Waals surface area contributed by atoms with Crippen molar-refractivity contribution in [3.8, 4) is 5.75 Å². The van der Waals surface area contributed by atoms with E-state index in [0.717, 1.165) is 35.1 Å². The number of H-pyrrole nitrogens is 1. The van der Waals surface area contributed by atoms with Gasteiger partial charge in [0.2, 0.25) is 5.70 Å². The van der Waals surface area contributed by atoms with Crippen LogP contribution in [0.5, 0.6) is 5.75 Å². The first-order valence-corrected chi connectivity index (χ1v) is 6.68. The van der Waals surface area contributed by atoms with Gasteiger partial charge < -0.3 is 9.72 Å². The number of nitro groups is 1. The van der Waals surface area contributed by atoms with Crippen molar-refractivity contribution < 1.29 is 9.66 Å². The Morgan fingerprint density at radius 2 is 2.30 bits per heavy atom. The van der Waals surface area contributed by atoms with Gasteiger partial charge in [-0.2, -0.15) is 0 Å². The van der Waals surface area contributed by atoms with Crippen LogP contribution in [0.1, 0.15) is 32.3 Å². The Balaban J connectivity index is 2.30. The standard InChI is InChI=1S/C15H18N2O3/c1-3-4-7-20-13-5-6-15-14(9-13)12(10-16-15)8-11(2)17(18)19/h5-6,8-10,16H,3-4,7H2,1-2H3/b11-8-. The minimum atomic E-state index is -0.388. The molecule has 1 N–H and O–H groups in total. The molecule has 0 fully saturated rings. The average Bonchev–Trinajstić information content (AvgIpc) is 2.82. The number of benzene rings is 1. The van der Waals surface area contributed by atoms with Crippen LogP contribution in [-0.4, -0.2) is 16.5 Å². The van der Waals surface area contributed by atoms with Gasteiger partial charge in [-0.05, 0) is 24.6 Å². The largest absolute Gasteiger partial charge is 0.494 e. The van der Waals surface area contributed by atoms with E-state index in [-0.39, 0.29) is 10.6 Å². The number of aromatic amines is 1. The van der Waals surface area contributed by atoms with Crippen molar-refractivity contribution in [1.29, 1.82) is 0 Å². The van der Waals surface area contributed by atoms with Crippen LogP contribution in [0.25, 0.3) is 17.0 Å². The maximum atomic E-state index is 10.7. The van der Waals surface area contributed by atoms with Gasteiger partial charge in [0, 0.05) is 35.7 Å². The molecule has 0 bridgehead atoms. The summed E-state index contributed by atoms with van der Waals surface area (Å²) in [6, 6.07) is 5.75. The van der Waals surface area contributed by atoms with Gasteiger partial charge in [-0.1, -0.05) is 13.3 Å². The van der Waals surface area contributed by atoms with Crippen LogP contribution in [-0.2, 0) is 0 Å². The molecule has 0 aliphatic carbocycles. The van der Waals surface area contributed by atoms with Gasteiger partial charge in [0.15, 0.2) is 0 Å². The van der Waals surface area contributed by atoms with Crippen LogP contribution < -0.4 is 4.74 Å². The number of allylic oxidation sites excluding steroid dienone is 1. The summed E-state index contributed by atoms with van der Waals surface area (Å²) in [6.45, 7) is 4.29. The van der Waals surface area contributed by atoms with Gasteiger partial charge in [-0.15, -0.1) is 0 Å². The summed E-state index contributed by atoms with van der Waals surface area (Å²) in [5.41, 5.74) is 1.86. The van der Waals surface area contributed by atoms with Crippen LogP contribution in [0, 0.1) is 10.1 Å². The summed E-state index contributed by atoms with van der Waals surface area (Å²) in [4.78, 5) is 13.4. The first-order valence-electron chi connectivity index (χ1n) is 6.68. The van der Waals surface area contributed by atoms with E-state index in [1.54, 1.807) is 12.3 Å². The first-order chi connectivity index (χ1) is 9.61. The molecule has 0 radical (unpaired) electrons. The molecular formula is C15H18N2O3. The Bertz CT molecular complexity index is 644. The number of hydrogen-bond donors (Lipinski definition) is 1. The van der Waals surface area contributed by atoms with Gasteiger partial charge in [0.1, 0.15) is 5.75 Å². The van der Waals surface area contributed by atoms with Gasteiger partial charge >= 0.3 is 0 Å². The summed E-state index contributed by atoms with van der Waals surface area (Å²) in [7, 11) is 0. The highest BCUT2D eigenvalue weighted by atomic mass is 16.6. The van der Waals surface area contributed by atoms with E-state index in [1.807, 2.05) is 18.2 Å². The lowest BCUT2D eigenvalue weighted by Gasteiger charge is -2.05. The smallest absolute Gasteiger partial charge is 0.243 e. The summed E-state index contributed by atoms with van der Waals surface area (Å²) in [6.07, 6.45) is 5.43. The molecule has 0 aliphatic rings. The zero-order valence-electron chi connectivity index (χ0n) is 11.7. The molecule has 2 aromatic rings. The third kappa shape index (κ3) is 3.17. The summed E-state index contributed by atoms with van der Waals surface area (Å²) in [5.74, 6) is 0.791. The lowest BCUT2D eigenvalue weighted by Crippen LogP contribution is -1.96. The van der Waals surface area contributed by atoms with Crippen molar-refractivity contribution in [2.75, 3.05) is 6.61 Å². The second kappa shape index (κ2) is 6.23. The Hall–Kier alpha value is -2.30. The molecule has 106 valence electrons. The molecule has 5 nitrogen and oxygen atoms in total. The molecule has 2 rings (SSSR count). The van der Waals surface area contributed by atoms with Crippen LogP contribution >= 0.6 is 0 Å². The van der Waals surface area contributed by atoms with Crippen molar-refractivity contribution in [3.05, 3.63) is 45.8 Å². The fourth-order valence-electron chi connectivity index (χ4n) is 1.94. The van der Waals surface area contributed by atoms with Gasteiger partial charge in [0.25, 0.3) is 0 Å². The summed E-state index contributed by atoms with van der Waals surface area (Å²) >= 11 is 0. The molecule has 0 unspecified atom stereocenters. The van der Waals surface area contributed by atoms with Crippen LogP contribution in [0.2, 0.25) is 0 Å². The highest BCUT2D eigenvalue weighted by Gasteiger charge is 2.08. The topological polar surface area (TPSA) is 68.2 Å². The van der Waals surface area contributed by atoms with Gasteiger partial charge in [0.05, 0.1) is 11.5 Å². The average molecular weight is 274 g/mol. The summed E-state index contributed by atoms with van der Waals surface area (Å²) < 4.78 is 5.66. The molecule has 0 saturated heterocycles. The number of nitrogens with one attached hydrogen (secondary N) is 1. The zero-order valence-corrected chi connectivity index (χ0v) is 11.7. The van der Waals surface area contributed by atoms with E-state index in [4.69, 9.17) is 4.74 Å². The molecule has 0 atom stereocenters. The van der Waals surface area contributed by atoms with E-state index < -0.39 is 0 Å². The summed E-state index contributed by atoms with van der Waals surface area (Å²) in [5, 5.41) is 11.6. The molecule has 20 heavy (non-hydrogen) atoms. The Labute approximate surface area is 117 Å². The van der Waals surface area contributed by atoms with E-state index in [9.17, 15) is 10.1 Å². The first kappa shape index (κ1) is 14.1. The number of rotatable bonds is 6. The molecule has 0 saturated carbocycles. The molecular weight excluding hydrogens is 256 g/mol. The number of ether oxygens (including phenoxy) is 1. The Morgan fingerprint density at radius 3 is 3.00 bits per heavy atom. The second-order valence-electron chi connectivity index (χ2n) is 4.70. The van der Waals surface area contributed by atoms with Crippen molar-refractivity contribution in [2.45, 2.75) is 26.7 Å². The van der Waals surface area contributed by atoms with Gasteiger partial charge in [-0.25, -0.2) is 0 Å². The predicted octanol–water partition coefficient (Wildman–Crippen LogP) is 3.98. The van der Waals surface area contributed by atoms with Crippen LogP contribution in [0.4, 0.5) is 0 Å². The Morgan fingerprint density at radius 1 is 1.50 bits per heavy atom. The van der Waals surface area contributed by atoms with Crippen molar-refractivity contribution >= 4 is 17.0 Å². The van der Waals surface area contributed by atoms with Crippen molar-refractivity contribution in [2.24, 2.45) is 0 Å². The quantitative estimate of drug-likeness (QED) is 0.492. The highest BCUT2D eigenvalue weighted by molar-refractivity contribution is 5.90. The highest BCUT2D eigenvalue weighted by Crippen LogP contribution is 2.25. The number of hydrogen-bond acceptors (Lipinski definition) is 3. The predicted molar refractivity (Wildman–Crippen MR) is 79.3 cm³/mol. The lowest BCUT2D eigenvalue weighted by atomic mass is 10.1. The van der Waals surface area contributed by atoms with E-state index in [0.29, 0.717) is 6.61 Å². The Kier molecular flexibility index (Phi) is 4.40. The van der Waals surface area contributed by atoms with Crippen molar-refractivity contribution in [1.82, 2.24) is 4.98 Å². The molecule has 1 heterocycles. The fraction of sp³-hybridized carbons (Fsp3) is 0.333. The fourth-order valence-corrected chi connectivity index (χ4v) is 1.94. The molecule has 0 spiro atoms. The number of unbranched alkanes of at least 4 members (excludes halogenated alkanes) is 1. The molecule has 5 heteroatoms. The SMILES string of the molecule is CCCCOc1ccc2[nH]cc(/C=C(/C)[N+](=O)[O-])c2c1. The monoisotopic (exact) mass is 274 g/mol. The van der Waals surface area contributed by atoms with E-state index >= 15 is 0 Å².